The van der Waals surface area contributed by atoms with Crippen LogP contribution in [0.3, 0.4) is 0 Å². The number of carboxylic acid groups (broad SMARTS) is 1. The highest BCUT2D eigenvalue weighted by Crippen LogP contribution is 2.30. The molecule has 0 radical (unpaired) electrons. The van der Waals surface area contributed by atoms with Gasteiger partial charge in [-0.2, -0.15) is 4.39 Å². The maximum Gasteiger partial charge on any atom is 0.204 e. The van der Waals surface area contributed by atoms with Crippen LogP contribution in [0.1, 0.15) is 16.8 Å². The topological polar surface area (TPSA) is 101 Å². The Balaban J connectivity index is 3.32. The molecular formula is C10H4F4NO4-. The predicted molar refractivity (Wildman–Crippen MR) is 49.6 cm³/mol. The Bertz CT molecular complexity index is 571. The molecule has 0 atom stereocenters. The zero-order chi connectivity index (χ0) is 14.9. The molecule has 9 heteroatoms. The first-order valence-electron chi connectivity index (χ1n) is 4.55. The van der Waals surface area contributed by atoms with E-state index in [1.165, 1.54) is 0 Å². The van der Waals surface area contributed by atoms with E-state index in [4.69, 9.17) is 10.5 Å². The first kappa shape index (κ1) is 14.6. The van der Waals surface area contributed by atoms with E-state index < -0.39 is 58.5 Å². The quantitative estimate of drug-likeness (QED) is 0.272. The van der Waals surface area contributed by atoms with Crippen molar-refractivity contribution in [3.8, 4) is 5.75 Å². The molecule has 0 aliphatic heterocycles. The van der Waals surface area contributed by atoms with Crippen LogP contribution in [-0.4, -0.2) is 22.6 Å². The van der Waals surface area contributed by atoms with Gasteiger partial charge in [0.05, 0.1) is 18.1 Å². The highest BCUT2D eigenvalue weighted by atomic mass is 19.2. The number of ketones is 1. The molecule has 0 fully saturated rings. The fourth-order valence-electron chi connectivity index (χ4n) is 1.20. The summed E-state index contributed by atoms with van der Waals surface area (Å²) in [4.78, 5) is 21.5. The molecule has 0 bridgehead atoms. The number of aliphatic carboxylic acids is 1. The number of rotatable bonds is 4. The second kappa shape index (κ2) is 5.04. The first-order chi connectivity index (χ1) is 8.68. The highest BCUT2D eigenvalue weighted by Gasteiger charge is 2.29. The van der Waals surface area contributed by atoms with Gasteiger partial charge in [-0.15, -0.1) is 0 Å². The van der Waals surface area contributed by atoms with Gasteiger partial charge in [-0.1, -0.05) is 0 Å². The van der Waals surface area contributed by atoms with Gasteiger partial charge >= 0.3 is 0 Å². The van der Waals surface area contributed by atoms with Crippen LogP contribution >= 0.6 is 0 Å². The lowest BCUT2D eigenvalue weighted by Crippen LogP contribution is -2.32. The van der Waals surface area contributed by atoms with Gasteiger partial charge in [0.15, 0.2) is 23.2 Å². The van der Waals surface area contributed by atoms with Crippen LogP contribution < -0.4 is 5.11 Å². The number of benzene rings is 1. The summed E-state index contributed by atoms with van der Waals surface area (Å²) < 4.78 is 51.7. The fourth-order valence-corrected chi connectivity index (χ4v) is 1.20. The van der Waals surface area contributed by atoms with Crippen LogP contribution in [0.2, 0.25) is 0 Å². The van der Waals surface area contributed by atoms with Crippen molar-refractivity contribution in [1.29, 1.82) is 5.41 Å². The third kappa shape index (κ3) is 2.54. The average Bonchev–Trinajstić information content (AvgIpc) is 2.34. The standard InChI is InChI=1S/C10H5F4NO4/c11-5-4(3(16)1-2(15)10(18)19)9(17)8(14)7(13)6(5)12/h15,17H,1H2,(H,18,19)/p-1. The molecule has 1 aromatic carbocycles. The molecule has 0 spiro atoms. The number of halogens is 4. The summed E-state index contributed by atoms with van der Waals surface area (Å²) in [5.74, 6) is -14.5. The SMILES string of the molecule is N=C(CC(=O)c1c(O)c(F)c(F)c(F)c1F)C(=O)[O-]. The van der Waals surface area contributed by atoms with Gasteiger partial charge < -0.3 is 20.4 Å². The molecule has 5 nitrogen and oxygen atoms in total. The van der Waals surface area contributed by atoms with Crippen molar-refractivity contribution in [3.05, 3.63) is 28.8 Å². The number of carboxylic acids is 1. The Kier molecular flexibility index (Phi) is 3.88. The van der Waals surface area contributed by atoms with E-state index in [0.717, 1.165) is 0 Å². The summed E-state index contributed by atoms with van der Waals surface area (Å²) in [6.45, 7) is 0. The van der Waals surface area contributed by atoms with E-state index in [0.29, 0.717) is 0 Å². The van der Waals surface area contributed by atoms with Gasteiger partial charge in [0.2, 0.25) is 11.6 Å². The number of hydrogen-bond donors (Lipinski definition) is 2. The Morgan fingerprint density at radius 1 is 1.05 bits per heavy atom. The molecule has 1 rings (SSSR count). The Hall–Kier alpha value is -2.45. The molecule has 0 heterocycles. The molecule has 0 unspecified atom stereocenters. The smallest absolute Gasteiger partial charge is 0.204 e. The minimum absolute atomic E-state index is 1.28. The molecule has 0 saturated heterocycles. The Labute approximate surface area is 102 Å². The van der Waals surface area contributed by atoms with E-state index in [-0.39, 0.29) is 0 Å². The van der Waals surface area contributed by atoms with Crippen LogP contribution in [0.25, 0.3) is 0 Å². The average molecular weight is 278 g/mol. The number of carbonyl (C=O) groups excluding carboxylic acids is 2. The van der Waals surface area contributed by atoms with Crippen molar-refractivity contribution in [2.45, 2.75) is 6.42 Å². The molecule has 0 aromatic heterocycles. The maximum absolute atomic E-state index is 13.2. The van der Waals surface area contributed by atoms with E-state index >= 15 is 0 Å². The van der Waals surface area contributed by atoms with E-state index in [2.05, 4.69) is 0 Å². The highest BCUT2D eigenvalue weighted by molar-refractivity contribution is 6.38. The van der Waals surface area contributed by atoms with Gasteiger partial charge in [0.25, 0.3) is 0 Å². The van der Waals surface area contributed by atoms with Gasteiger partial charge in [0.1, 0.15) is 5.56 Å². The number of phenolic OH excluding ortho intramolecular Hbond substituents is 1. The summed E-state index contributed by atoms with van der Waals surface area (Å²) in [6, 6.07) is 0. The number of Topliss-reactive ketones (excluding diaryl/α,β-unsaturated/α-hetero) is 1. The lowest BCUT2D eigenvalue weighted by atomic mass is 10.0. The second-order valence-electron chi connectivity index (χ2n) is 3.35. The first-order valence-corrected chi connectivity index (χ1v) is 4.55. The van der Waals surface area contributed by atoms with Gasteiger partial charge in [-0.25, -0.2) is 13.2 Å². The summed E-state index contributed by atoms with van der Waals surface area (Å²) >= 11 is 0. The normalized spacial score (nSPS) is 10.3. The van der Waals surface area contributed by atoms with Crippen LogP contribution in [0.15, 0.2) is 0 Å². The fraction of sp³-hybridized carbons (Fsp3) is 0.100. The molecule has 0 amide bonds. The summed E-state index contributed by atoms with van der Waals surface area (Å²) in [5, 5.41) is 26.0. The molecule has 102 valence electrons. The predicted octanol–water partition coefficient (Wildman–Crippen LogP) is 0.291. The minimum Gasteiger partial charge on any atom is -0.543 e. The van der Waals surface area contributed by atoms with Gasteiger partial charge in [-0.05, 0) is 0 Å². The van der Waals surface area contributed by atoms with Crippen molar-refractivity contribution in [3.63, 3.8) is 0 Å². The Morgan fingerprint density at radius 2 is 1.53 bits per heavy atom. The largest absolute Gasteiger partial charge is 0.543 e. The molecule has 0 aliphatic rings. The zero-order valence-electron chi connectivity index (χ0n) is 8.89. The second-order valence-corrected chi connectivity index (χ2v) is 3.35. The molecule has 0 aliphatic carbocycles. The van der Waals surface area contributed by atoms with E-state index in [1.54, 1.807) is 0 Å². The Morgan fingerprint density at radius 3 is 2.00 bits per heavy atom. The van der Waals surface area contributed by atoms with Crippen LogP contribution in [-0.2, 0) is 4.79 Å². The lowest BCUT2D eigenvalue weighted by Gasteiger charge is -2.09. The van der Waals surface area contributed by atoms with E-state index in [9.17, 15) is 32.3 Å². The molecular weight excluding hydrogens is 274 g/mol. The number of aromatic hydroxyl groups is 1. The van der Waals surface area contributed by atoms with Gasteiger partial charge in [0, 0.05) is 0 Å². The molecule has 19 heavy (non-hydrogen) atoms. The monoisotopic (exact) mass is 278 g/mol. The zero-order valence-corrected chi connectivity index (χ0v) is 8.89. The van der Waals surface area contributed by atoms with Crippen molar-refractivity contribution >= 4 is 17.5 Å². The van der Waals surface area contributed by atoms with Gasteiger partial charge in [-0.3, -0.25) is 4.79 Å². The molecule has 1 aromatic rings. The summed E-state index contributed by atoms with van der Waals surface area (Å²) in [5.41, 5.74) is -2.86. The number of carbonyl (C=O) groups is 2. The minimum atomic E-state index is -2.33. The maximum atomic E-state index is 13.2. The van der Waals surface area contributed by atoms with Crippen molar-refractivity contribution in [2.75, 3.05) is 0 Å². The summed E-state index contributed by atoms with van der Waals surface area (Å²) in [7, 11) is 0. The number of nitrogens with one attached hydrogen (secondary N) is 1. The molecule has 0 saturated carbocycles. The van der Waals surface area contributed by atoms with Crippen molar-refractivity contribution < 1.29 is 37.4 Å². The lowest BCUT2D eigenvalue weighted by molar-refractivity contribution is -0.294. The van der Waals surface area contributed by atoms with E-state index in [1.807, 2.05) is 0 Å². The van der Waals surface area contributed by atoms with Crippen molar-refractivity contribution in [1.82, 2.24) is 0 Å². The van der Waals surface area contributed by atoms with Crippen LogP contribution in [0, 0.1) is 28.7 Å². The number of phenols is 1. The third-order valence-electron chi connectivity index (χ3n) is 2.10. The third-order valence-corrected chi connectivity index (χ3v) is 2.10. The molecule has 2 N–H and O–H groups in total. The number of hydrogen-bond acceptors (Lipinski definition) is 5. The van der Waals surface area contributed by atoms with Crippen molar-refractivity contribution in [2.24, 2.45) is 0 Å². The van der Waals surface area contributed by atoms with Crippen LogP contribution in [0.4, 0.5) is 17.6 Å². The van der Waals surface area contributed by atoms with Crippen LogP contribution in [0.5, 0.6) is 5.75 Å². The summed E-state index contributed by atoms with van der Waals surface area (Å²) in [6.07, 6.45) is -1.28.